The summed E-state index contributed by atoms with van der Waals surface area (Å²) >= 11 is 7.50. The number of hydrogen-bond donors (Lipinski definition) is 0. The molecule has 1 heterocycles. The molecule has 2 aromatic rings. The highest BCUT2D eigenvalue weighted by Crippen LogP contribution is 2.28. The van der Waals surface area contributed by atoms with Gasteiger partial charge in [0.25, 0.3) is 0 Å². The van der Waals surface area contributed by atoms with Gasteiger partial charge in [-0.15, -0.1) is 11.3 Å². The van der Waals surface area contributed by atoms with Crippen molar-refractivity contribution in [1.29, 1.82) is 0 Å². The Morgan fingerprint density at radius 3 is 3.08 bits per heavy atom. The van der Waals surface area contributed by atoms with Gasteiger partial charge in [0, 0.05) is 23.2 Å². The molecule has 12 heavy (non-hydrogen) atoms. The molecule has 1 radical (unpaired) electrons. The number of aromatic nitrogens is 1. The van der Waals surface area contributed by atoms with E-state index in [9.17, 15) is 0 Å². The van der Waals surface area contributed by atoms with E-state index in [4.69, 9.17) is 11.6 Å². The molecule has 0 fully saturated rings. The van der Waals surface area contributed by atoms with Crippen molar-refractivity contribution in [2.75, 3.05) is 0 Å². The Balaban J connectivity index is 2.55. The first kappa shape index (κ1) is 7.77. The van der Waals surface area contributed by atoms with E-state index in [1.54, 1.807) is 23.6 Å². The second-order valence-corrected chi connectivity index (χ2v) is 3.51. The third kappa shape index (κ3) is 1.36. The van der Waals surface area contributed by atoms with Crippen LogP contribution < -0.4 is 0 Å². The van der Waals surface area contributed by atoms with Gasteiger partial charge in [-0.1, -0.05) is 29.8 Å². The van der Waals surface area contributed by atoms with Gasteiger partial charge in [-0.3, -0.25) is 0 Å². The average molecular weight is 195 g/mol. The molecule has 0 atom stereocenters. The molecule has 59 valence electrons. The first-order chi connectivity index (χ1) is 5.88. The van der Waals surface area contributed by atoms with Crippen molar-refractivity contribution in [3.8, 4) is 10.6 Å². The van der Waals surface area contributed by atoms with Crippen LogP contribution in [0.1, 0.15) is 0 Å². The summed E-state index contributed by atoms with van der Waals surface area (Å²) in [6, 6.07) is 8.56. The zero-order valence-electron chi connectivity index (χ0n) is 6.12. The lowest BCUT2D eigenvalue weighted by atomic mass is 10.2. The molecule has 3 heteroatoms. The number of rotatable bonds is 1. The predicted octanol–water partition coefficient (Wildman–Crippen LogP) is 3.26. The Hall–Kier alpha value is -0.860. The van der Waals surface area contributed by atoms with Crippen LogP contribution in [0.4, 0.5) is 0 Å². The molecule has 0 aliphatic rings. The van der Waals surface area contributed by atoms with Crippen LogP contribution in [0.15, 0.2) is 29.8 Å². The fourth-order valence-electron chi connectivity index (χ4n) is 0.938. The smallest absolute Gasteiger partial charge is 0.124 e. The fourth-order valence-corrected chi connectivity index (χ4v) is 1.88. The Morgan fingerprint density at radius 2 is 2.42 bits per heavy atom. The maximum atomic E-state index is 5.93. The van der Waals surface area contributed by atoms with Gasteiger partial charge in [0.15, 0.2) is 0 Å². The van der Waals surface area contributed by atoms with E-state index in [1.807, 2.05) is 17.5 Å². The summed E-state index contributed by atoms with van der Waals surface area (Å²) in [6.07, 6.45) is 1.77. The molecule has 0 amide bonds. The van der Waals surface area contributed by atoms with Crippen LogP contribution in [0.25, 0.3) is 10.6 Å². The van der Waals surface area contributed by atoms with Crippen molar-refractivity contribution in [2.24, 2.45) is 0 Å². The minimum Gasteiger partial charge on any atom is -0.244 e. The maximum Gasteiger partial charge on any atom is 0.124 e. The third-order valence-corrected chi connectivity index (χ3v) is 2.59. The molecular formula is C9H5ClNS. The summed E-state index contributed by atoms with van der Waals surface area (Å²) < 4.78 is 0. The summed E-state index contributed by atoms with van der Waals surface area (Å²) in [5, 5.41) is 3.50. The SMILES string of the molecule is Clc1[c]cccc1-c1nccs1. The van der Waals surface area contributed by atoms with Gasteiger partial charge in [0.2, 0.25) is 0 Å². The number of nitrogens with zero attached hydrogens (tertiary/aromatic N) is 1. The van der Waals surface area contributed by atoms with Crippen LogP contribution in [0.5, 0.6) is 0 Å². The quantitative estimate of drug-likeness (QED) is 0.679. The summed E-state index contributed by atoms with van der Waals surface area (Å²) in [5.41, 5.74) is 0.953. The minimum atomic E-state index is 0.632. The lowest BCUT2D eigenvalue weighted by molar-refractivity contribution is 1.41. The van der Waals surface area contributed by atoms with E-state index >= 15 is 0 Å². The summed E-state index contributed by atoms with van der Waals surface area (Å²) in [4.78, 5) is 4.16. The zero-order valence-corrected chi connectivity index (χ0v) is 7.69. The standard InChI is InChI=1S/C9H5ClNS/c10-8-4-2-1-3-7(8)9-11-5-6-12-9/h1-3,5-6H. The minimum absolute atomic E-state index is 0.632. The van der Waals surface area contributed by atoms with Gasteiger partial charge >= 0.3 is 0 Å². The molecule has 0 saturated carbocycles. The number of halogens is 1. The fraction of sp³-hybridized carbons (Fsp3) is 0. The van der Waals surface area contributed by atoms with Crippen molar-refractivity contribution in [1.82, 2.24) is 4.98 Å². The Bertz CT molecular complexity index is 370. The van der Waals surface area contributed by atoms with Crippen LogP contribution >= 0.6 is 22.9 Å². The maximum absolute atomic E-state index is 5.93. The average Bonchev–Trinajstić information content (AvgIpc) is 2.57. The zero-order chi connectivity index (χ0) is 8.39. The lowest BCUT2D eigenvalue weighted by Gasteiger charge is -1.96. The topological polar surface area (TPSA) is 12.9 Å². The highest BCUT2D eigenvalue weighted by Gasteiger charge is 2.03. The largest absolute Gasteiger partial charge is 0.244 e. The van der Waals surface area contributed by atoms with Gasteiger partial charge in [-0.05, 0) is 0 Å². The van der Waals surface area contributed by atoms with Gasteiger partial charge in [0.05, 0.1) is 5.02 Å². The van der Waals surface area contributed by atoms with Crippen molar-refractivity contribution in [3.63, 3.8) is 0 Å². The van der Waals surface area contributed by atoms with E-state index in [2.05, 4.69) is 11.1 Å². The molecule has 0 aliphatic carbocycles. The van der Waals surface area contributed by atoms with Crippen LogP contribution in [-0.2, 0) is 0 Å². The van der Waals surface area contributed by atoms with Gasteiger partial charge in [-0.25, -0.2) is 4.98 Å². The van der Waals surface area contributed by atoms with Crippen LogP contribution in [-0.4, -0.2) is 4.98 Å². The summed E-state index contributed by atoms with van der Waals surface area (Å²) in [7, 11) is 0. The molecule has 0 spiro atoms. The third-order valence-electron chi connectivity index (χ3n) is 1.47. The number of thiazole rings is 1. The summed E-state index contributed by atoms with van der Waals surface area (Å²) in [6.45, 7) is 0. The van der Waals surface area contributed by atoms with E-state index in [0.717, 1.165) is 10.6 Å². The molecule has 1 aromatic heterocycles. The highest BCUT2D eigenvalue weighted by molar-refractivity contribution is 7.13. The second-order valence-electron chi connectivity index (χ2n) is 2.24. The molecule has 1 aromatic carbocycles. The van der Waals surface area contributed by atoms with Crippen LogP contribution in [0.2, 0.25) is 5.02 Å². The Labute approximate surface area is 79.7 Å². The first-order valence-corrected chi connectivity index (χ1v) is 4.70. The van der Waals surface area contributed by atoms with E-state index in [0.29, 0.717) is 5.02 Å². The van der Waals surface area contributed by atoms with E-state index in [1.165, 1.54) is 0 Å². The molecule has 0 bridgehead atoms. The molecule has 2 rings (SSSR count). The highest BCUT2D eigenvalue weighted by atomic mass is 35.5. The van der Waals surface area contributed by atoms with Crippen molar-refractivity contribution in [2.45, 2.75) is 0 Å². The van der Waals surface area contributed by atoms with Crippen molar-refractivity contribution < 1.29 is 0 Å². The van der Waals surface area contributed by atoms with Crippen molar-refractivity contribution >= 4 is 22.9 Å². The molecule has 0 N–H and O–H groups in total. The first-order valence-electron chi connectivity index (χ1n) is 3.44. The predicted molar refractivity (Wildman–Crippen MR) is 51.4 cm³/mol. The van der Waals surface area contributed by atoms with Crippen LogP contribution in [0.3, 0.4) is 0 Å². The van der Waals surface area contributed by atoms with Crippen molar-refractivity contribution in [3.05, 3.63) is 40.9 Å². The Morgan fingerprint density at radius 1 is 1.50 bits per heavy atom. The lowest BCUT2D eigenvalue weighted by Crippen LogP contribution is -1.75. The molecule has 0 unspecified atom stereocenters. The van der Waals surface area contributed by atoms with Gasteiger partial charge in [0.1, 0.15) is 5.01 Å². The van der Waals surface area contributed by atoms with Gasteiger partial charge < -0.3 is 0 Å². The normalized spacial score (nSPS) is 10.1. The molecular weight excluding hydrogens is 190 g/mol. The molecule has 0 saturated heterocycles. The van der Waals surface area contributed by atoms with Crippen LogP contribution in [0, 0.1) is 6.07 Å². The summed E-state index contributed by atoms with van der Waals surface area (Å²) in [5.74, 6) is 0. The molecule has 1 nitrogen and oxygen atoms in total. The molecule has 0 aliphatic heterocycles. The number of benzene rings is 1. The van der Waals surface area contributed by atoms with E-state index < -0.39 is 0 Å². The number of hydrogen-bond acceptors (Lipinski definition) is 2. The second kappa shape index (κ2) is 3.25. The van der Waals surface area contributed by atoms with E-state index in [-0.39, 0.29) is 0 Å². The Kier molecular flexibility index (Phi) is 2.11. The monoisotopic (exact) mass is 194 g/mol. The van der Waals surface area contributed by atoms with Gasteiger partial charge in [-0.2, -0.15) is 0 Å².